The highest BCUT2D eigenvalue weighted by molar-refractivity contribution is 6.02. The van der Waals surface area contributed by atoms with E-state index in [0.717, 1.165) is 22.3 Å². The maximum atomic E-state index is 11.3. The smallest absolute Gasteiger partial charge is 0.307 e. The third-order valence-corrected chi connectivity index (χ3v) is 5.69. The lowest BCUT2D eigenvalue weighted by molar-refractivity contribution is -0.136. The fraction of sp³-hybridized carbons (Fsp3) is 0.160. The maximum absolute atomic E-state index is 11.3. The number of fused-ring (bicyclic) bond motifs is 1. The number of ether oxygens (including phenoxy) is 1. The van der Waals surface area contributed by atoms with Crippen molar-refractivity contribution < 1.29 is 14.6 Å². The minimum absolute atomic E-state index is 0.265. The number of carbonyl (C=O) groups is 1. The normalized spacial score (nSPS) is 16.9. The van der Waals surface area contributed by atoms with Crippen molar-refractivity contribution >= 4 is 11.8 Å². The van der Waals surface area contributed by atoms with Gasteiger partial charge in [0.05, 0.1) is 19.1 Å². The van der Waals surface area contributed by atoms with Crippen LogP contribution < -0.4 is 10.5 Å². The minimum atomic E-state index is -1.01. The number of benzene rings is 3. The van der Waals surface area contributed by atoms with Crippen LogP contribution in [-0.4, -0.2) is 24.0 Å². The fourth-order valence-corrected chi connectivity index (χ4v) is 4.15. The summed E-state index contributed by atoms with van der Waals surface area (Å²) in [6.07, 6.45) is -0.265. The van der Waals surface area contributed by atoms with E-state index in [0.29, 0.717) is 28.3 Å². The van der Waals surface area contributed by atoms with Crippen molar-refractivity contribution in [3.8, 4) is 22.9 Å². The van der Waals surface area contributed by atoms with Gasteiger partial charge >= 0.3 is 5.97 Å². The second-order valence-corrected chi connectivity index (χ2v) is 7.59. The molecular weight excluding hydrogens is 390 g/mol. The van der Waals surface area contributed by atoms with Gasteiger partial charge in [0.25, 0.3) is 0 Å². The van der Waals surface area contributed by atoms with Gasteiger partial charge in [0.1, 0.15) is 23.2 Å². The van der Waals surface area contributed by atoms with Gasteiger partial charge in [-0.05, 0) is 47.4 Å². The summed E-state index contributed by atoms with van der Waals surface area (Å²) in [7, 11) is 1.51. The number of aliphatic carboxylic acids is 1. The van der Waals surface area contributed by atoms with E-state index < -0.39 is 11.5 Å². The van der Waals surface area contributed by atoms with Gasteiger partial charge in [-0.2, -0.15) is 5.26 Å². The van der Waals surface area contributed by atoms with Crippen LogP contribution >= 0.6 is 0 Å². The number of carboxylic acid groups (broad SMARTS) is 1. The van der Waals surface area contributed by atoms with Crippen LogP contribution in [0.5, 0.6) is 5.75 Å². The average molecular weight is 411 g/mol. The Morgan fingerprint density at radius 2 is 1.94 bits per heavy atom. The molecule has 6 nitrogen and oxygen atoms in total. The van der Waals surface area contributed by atoms with Crippen LogP contribution in [0.2, 0.25) is 0 Å². The third-order valence-electron chi connectivity index (χ3n) is 5.69. The van der Waals surface area contributed by atoms with Crippen molar-refractivity contribution in [2.75, 3.05) is 7.11 Å². The average Bonchev–Trinajstić information content (AvgIpc) is 3.04. The number of hydrogen-bond acceptors (Lipinski definition) is 5. The molecule has 0 aliphatic carbocycles. The molecule has 0 saturated heterocycles. The van der Waals surface area contributed by atoms with Crippen molar-refractivity contribution in [2.45, 2.75) is 18.9 Å². The molecular formula is C25H21N3O3. The summed E-state index contributed by atoms with van der Waals surface area (Å²) in [5.41, 5.74) is 10.5. The zero-order chi connectivity index (χ0) is 22.2. The molecule has 3 aromatic rings. The number of nitrogens with two attached hydrogens (primary N) is 1. The molecule has 0 aromatic heterocycles. The minimum Gasteiger partial charge on any atom is -0.497 e. The van der Waals surface area contributed by atoms with Crippen molar-refractivity contribution in [3.63, 3.8) is 0 Å². The first-order chi connectivity index (χ1) is 14.9. The summed E-state index contributed by atoms with van der Waals surface area (Å²) in [6, 6.07) is 21.1. The van der Waals surface area contributed by atoms with Gasteiger partial charge in [-0.25, -0.2) is 0 Å². The third kappa shape index (κ3) is 3.40. The zero-order valence-corrected chi connectivity index (χ0v) is 17.2. The first-order valence-corrected chi connectivity index (χ1v) is 9.76. The summed E-state index contributed by atoms with van der Waals surface area (Å²) < 4.78 is 5.37. The van der Waals surface area contributed by atoms with Crippen LogP contribution in [-0.2, 0) is 16.8 Å². The lowest BCUT2D eigenvalue weighted by Gasteiger charge is -2.24. The molecule has 1 atom stereocenters. The van der Waals surface area contributed by atoms with E-state index in [2.05, 4.69) is 6.07 Å². The number of methoxy groups -OCH3 is 1. The Kier molecular flexibility index (Phi) is 4.96. The number of aliphatic imine (C=N–C) groups is 1. The summed E-state index contributed by atoms with van der Waals surface area (Å²) >= 11 is 0. The van der Waals surface area contributed by atoms with Crippen molar-refractivity contribution in [3.05, 3.63) is 88.5 Å². The molecule has 1 aliphatic heterocycles. The Labute approximate surface area is 180 Å². The van der Waals surface area contributed by atoms with E-state index in [4.69, 9.17) is 15.5 Å². The van der Waals surface area contributed by atoms with Gasteiger partial charge in [-0.1, -0.05) is 42.5 Å². The highest BCUT2D eigenvalue weighted by atomic mass is 16.5. The van der Waals surface area contributed by atoms with Crippen LogP contribution in [0.1, 0.15) is 34.7 Å². The molecule has 0 radical (unpaired) electrons. The molecule has 0 fully saturated rings. The summed E-state index contributed by atoms with van der Waals surface area (Å²) in [5.74, 6) is -0.0222. The van der Waals surface area contributed by atoms with E-state index in [1.807, 2.05) is 55.5 Å². The molecule has 3 N–H and O–H groups in total. The summed E-state index contributed by atoms with van der Waals surface area (Å²) in [4.78, 5) is 16.1. The first-order valence-electron chi connectivity index (χ1n) is 9.76. The summed E-state index contributed by atoms with van der Waals surface area (Å²) in [6.45, 7) is 2.01. The van der Waals surface area contributed by atoms with Crippen LogP contribution in [0, 0.1) is 11.3 Å². The number of hydrogen-bond donors (Lipinski definition) is 2. The van der Waals surface area contributed by atoms with Gasteiger partial charge in [-0.3, -0.25) is 9.79 Å². The van der Waals surface area contributed by atoms with Gasteiger partial charge in [0.2, 0.25) is 0 Å². The van der Waals surface area contributed by atoms with Crippen LogP contribution in [0.25, 0.3) is 11.1 Å². The monoisotopic (exact) mass is 411 g/mol. The number of nitriles is 1. The first kappa shape index (κ1) is 20.2. The van der Waals surface area contributed by atoms with Gasteiger partial charge in [0.15, 0.2) is 0 Å². The topological polar surface area (TPSA) is 109 Å². The number of nitrogens with zero attached hydrogens (tertiary/aromatic N) is 2. The molecule has 6 heteroatoms. The summed E-state index contributed by atoms with van der Waals surface area (Å²) in [5, 5.41) is 19.1. The van der Waals surface area contributed by atoms with Crippen LogP contribution in [0.4, 0.5) is 0 Å². The van der Waals surface area contributed by atoms with E-state index in [1.165, 1.54) is 7.11 Å². The van der Waals surface area contributed by atoms with Gasteiger partial charge in [-0.15, -0.1) is 0 Å². The molecule has 154 valence electrons. The highest BCUT2D eigenvalue weighted by Crippen LogP contribution is 2.41. The van der Waals surface area contributed by atoms with E-state index in [9.17, 15) is 15.2 Å². The molecule has 0 bridgehead atoms. The lowest BCUT2D eigenvalue weighted by Crippen LogP contribution is -2.18. The van der Waals surface area contributed by atoms with Crippen molar-refractivity contribution in [1.82, 2.24) is 0 Å². The zero-order valence-electron chi connectivity index (χ0n) is 17.2. The van der Waals surface area contributed by atoms with Crippen molar-refractivity contribution in [2.24, 2.45) is 10.7 Å². The molecule has 0 spiro atoms. The molecule has 0 amide bonds. The molecule has 1 unspecified atom stereocenters. The predicted molar refractivity (Wildman–Crippen MR) is 118 cm³/mol. The van der Waals surface area contributed by atoms with Crippen molar-refractivity contribution in [1.29, 1.82) is 5.26 Å². The number of carboxylic acids is 1. The van der Waals surface area contributed by atoms with Gasteiger partial charge < -0.3 is 15.6 Å². The highest BCUT2D eigenvalue weighted by Gasteiger charge is 2.36. The maximum Gasteiger partial charge on any atom is 0.307 e. The van der Waals surface area contributed by atoms with Crippen LogP contribution in [0.15, 0.2) is 65.7 Å². The Morgan fingerprint density at radius 1 is 1.16 bits per heavy atom. The van der Waals surface area contributed by atoms with Gasteiger partial charge in [0, 0.05) is 11.1 Å². The molecule has 31 heavy (non-hydrogen) atoms. The Morgan fingerprint density at radius 3 is 2.65 bits per heavy atom. The second-order valence-electron chi connectivity index (χ2n) is 7.59. The molecule has 1 aliphatic rings. The molecule has 1 heterocycles. The molecule has 0 saturated carbocycles. The Hall–Kier alpha value is -4.11. The van der Waals surface area contributed by atoms with Crippen LogP contribution in [0.3, 0.4) is 0 Å². The molecule has 4 rings (SSSR count). The van der Waals surface area contributed by atoms with E-state index >= 15 is 0 Å². The second kappa shape index (κ2) is 7.62. The van der Waals surface area contributed by atoms with E-state index in [-0.39, 0.29) is 6.42 Å². The SMILES string of the molecule is COc1cc(CC(=O)O)c(C#N)c(-c2cccc(C3(C)N=C(N)c4ccccc43)c2)c1. The Bertz CT molecular complexity index is 1270. The largest absolute Gasteiger partial charge is 0.497 e. The molecule has 3 aromatic carbocycles. The fourth-order valence-electron chi connectivity index (χ4n) is 4.15. The standard InChI is InChI=1S/C25H21N3O3/c1-25(22-9-4-3-8-19(22)24(27)28-25)17-7-5-6-15(10-17)20-13-18(31-2)11-16(12-23(29)30)21(20)14-26/h3-11,13H,12H2,1-2H3,(H2,27,28)(H,29,30). The quantitative estimate of drug-likeness (QED) is 0.663. The predicted octanol–water partition coefficient (Wildman–Crippen LogP) is 3.84. The lowest BCUT2D eigenvalue weighted by atomic mass is 9.83. The number of rotatable bonds is 5. The Balaban J connectivity index is 1.89. The van der Waals surface area contributed by atoms with E-state index in [1.54, 1.807) is 12.1 Å². The number of amidine groups is 1.